The van der Waals surface area contributed by atoms with Crippen LogP contribution in [0.1, 0.15) is 13.8 Å². The minimum absolute atomic E-state index is 0.0703. The Bertz CT molecular complexity index is 174. The molecule has 0 aromatic carbocycles. The molecule has 0 aliphatic carbocycles. The molecule has 0 radical (unpaired) electrons. The third-order valence-corrected chi connectivity index (χ3v) is 2.78. The van der Waals surface area contributed by atoms with E-state index in [0.29, 0.717) is 19.2 Å². The molecule has 0 spiro atoms. The van der Waals surface area contributed by atoms with E-state index < -0.39 is 0 Å². The molecule has 1 unspecified atom stereocenters. The molecule has 14 heavy (non-hydrogen) atoms. The zero-order valence-electron chi connectivity index (χ0n) is 9.45. The molecule has 1 fully saturated rings. The zero-order chi connectivity index (χ0) is 10.6. The number of methoxy groups -OCH3 is 1. The topological polar surface area (TPSA) is 47.7 Å². The van der Waals surface area contributed by atoms with Gasteiger partial charge in [-0.1, -0.05) is 0 Å². The van der Waals surface area contributed by atoms with Gasteiger partial charge in [-0.25, -0.2) is 0 Å². The van der Waals surface area contributed by atoms with Crippen molar-refractivity contribution in [1.29, 1.82) is 0 Å². The maximum atomic E-state index is 5.75. The lowest BCUT2D eigenvalue weighted by atomic mass is 10.00. The quantitative estimate of drug-likeness (QED) is 0.701. The van der Waals surface area contributed by atoms with Crippen molar-refractivity contribution in [3.63, 3.8) is 0 Å². The van der Waals surface area contributed by atoms with Gasteiger partial charge in [0.05, 0.1) is 19.8 Å². The summed E-state index contributed by atoms with van der Waals surface area (Å²) < 4.78 is 10.6. The second-order valence-electron chi connectivity index (χ2n) is 4.40. The van der Waals surface area contributed by atoms with Gasteiger partial charge in [0.25, 0.3) is 0 Å². The number of hydrogen-bond donors (Lipinski definition) is 1. The van der Waals surface area contributed by atoms with Gasteiger partial charge in [-0.15, -0.1) is 0 Å². The molecule has 1 rings (SSSR count). The summed E-state index contributed by atoms with van der Waals surface area (Å²) in [6, 6.07) is 0.305. The van der Waals surface area contributed by atoms with Crippen molar-refractivity contribution < 1.29 is 9.47 Å². The molecule has 4 nitrogen and oxygen atoms in total. The van der Waals surface area contributed by atoms with E-state index in [1.807, 2.05) is 0 Å². The Balaban J connectivity index is 2.61. The summed E-state index contributed by atoms with van der Waals surface area (Å²) in [4.78, 5) is 2.39. The van der Waals surface area contributed by atoms with Crippen LogP contribution in [0.4, 0.5) is 0 Å². The van der Waals surface area contributed by atoms with Crippen LogP contribution >= 0.6 is 0 Å². The average molecular weight is 202 g/mol. The lowest BCUT2D eigenvalue weighted by Gasteiger charge is -2.46. The largest absolute Gasteiger partial charge is 0.383 e. The van der Waals surface area contributed by atoms with E-state index in [-0.39, 0.29) is 5.54 Å². The molecule has 1 aliphatic rings. The smallest absolute Gasteiger partial charge is 0.0645 e. The Hall–Kier alpha value is -0.160. The van der Waals surface area contributed by atoms with E-state index in [1.165, 1.54) is 0 Å². The minimum Gasteiger partial charge on any atom is -0.383 e. The highest BCUT2D eigenvalue weighted by molar-refractivity contribution is 4.89. The molecule has 0 amide bonds. The predicted molar refractivity (Wildman–Crippen MR) is 56.3 cm³/mol. The van der Waals surface area contributed by atoms with Gasteiger partial charge in [0.15, 0.2) is 0 Å². The fourth-order valence-electron chi connectivity index (χ4n) is 2.02. The third kappa shape index (κ3) is 2.67. The van der Waals surface area contributed by atoms with E-state index in [9.17, 15) is 0 Å². The SMILES string of the molecule is COCC(CN)N1CCOCC1(C)C. The minimum atomic E-state index is 0.0703. The van der Waals surface area contributed by atoms with Crippen molar-refractivity contribution in [3.8, 4) is 0 Å². The zero-order valence-corrected chi connectivity index (χ0v) is 9.45. The summed E-state index contributed by atoms with van der Waals surface area (Å²) in [6.45, 7) is 8.21. The molecule has 4 heteroatoms. The molecule has 1 atom stereocenters. The van der Waals surface area contributed by atoms with Crippen molar-refractivity contribution in [3.05, 3.63) is 0 Å². The molecule has 0 aromatic rings. The molecular formula is C10H22N2O2. The van der Waals surface area contributed by atoms with E-state index in [4.69, 9.17) is 15.2 Å². The van der Waals surface area contributed by atoms with Gasteiger partial charge in [-0.2, -0.15) is 0 Å². The molecule has 0 aromatic heterocycles. The number of ether oxygens (including phenoxy) is 2. The first-order valence-electron chi connectivity index (χ1n) is 5.15. The Morgan fingerprint density at radius 1 is 1.57 bits per heavy atom. The summed E-state index contributed by atoms with van der Waals surface area (Å²) in [5.41, 5.74) is 5.82. The first kappa shape index (κ1) is 11.9. The molecule has 84 valence electrons. The van der Waals surface area contributed by atoms with Crippen molar-refractivity contribution in [2.75, 3.05) is 40.0 Å². The average Bonchev–Trinajstić information content (AvgIpc) is 2.14. The first-order valence-corrected chi connectivity index (χ1v) is 5.15. The second-order valence-corrected chi connectivity index (χ2v) is 4.40. The van der Waals surface area contributed by atoms with Gasteiger partial charge in [0, 0.05) is 31.8 Å². The number of rotatable bonds is 4. The van der Waals surface area contributed by atoms with Crippen molar-refractivity contribution in [2.45, 2.75) is 25.4 Å². The van der Waals surface area contributed by atoms with Crippen LogP contribution in [0.3, 0.4) is 0 Å². The van der Waals surface area contributed by atoms with Crippen LogP contribution < -0.4 is 5.73 Å². The maximum Gasteiger partial charge on any atom is 0.0645 e. The van der Waals surface area contributed by atoms with Crippen LogP contribution in [-0.4, -0.2) is 56.5 Å². The third-order valence-electron chi connectivity index (χ3n) is 2.78. The van der Waals surface area contributed by atoms with E-state index in [1.54, 1.807) is 7.11 Å². The summed E-state index contributed by atoms with van der Waals surface area (Å²) in [7, 11) is 1.72. The fourth-order valence-corrected chi connectivity index (χ4v) is 2.02. The highest BCUT2D eigenvalue weighted by atomic mass is 16.5. The molecule has 1 saturated heterocycles. The molecular weight excluding hydrogens is 180 g/mol. The number of morpholine rings is 1. The first-order chi connectivity index (χ1) is 6.61. The molecule has 0 saturated carbocycles. The number of hydrogen-bond acceptors (Lipinski definition) is 4. The number of nitrogens with zero attached hydrogens (tertiary/aromatic N) is 1. The summed E-state index contributed by atoms with van der Waals surface area (Å²) >= 11 is 0. The molecule has 1 heterocycles. The van der Waals surface area contributed by atoms with Gasteiger partial charge in [0.2, 0.25) is 0 Å². The standard InChI is InChI=1S/C10H22N2O2/c1-10(2)8-14-5-4-12(10)9(6-11)7-13-3/h9H,4-8,11H2,1-3H3. The van der Waals surface area contributed by atoms with E-state index in [0.717, 1.165) is 19.8 Å². The lowest BCUT2D eigenvalue weighted by Crippen LogP contribution is -2.60. The highest BCUT2D eigenvalue weighted by Crippen LogP contribution is 2.21. The Morgan fingerprint density at radius 2 is 2.29 bits per heavy atom. The Labute approximate surface area is 86.3 Å². The van der Waals surface area contributed by atoms with Gasteiger partial charge < -0.3 is 15.2 Å². The normalized spacial score (nSPS) is 24.9. The van der Waals surface area contributed by atoms with Gasteiger partial charge in [-0.3, -0.25) is 4.90 Å². The van der Waals surface area contributed by atoms with Gasteiger partial charge >= 0.3 is 0 Å². The van der Waals surface area contributed by atoms with Crippen LogP contribution in [0.15, 0.2) is 0 Å². The highest BCUT2D eigenvalue weighted by Gasteiger charge is 2.34. The van der Waals surface area contributed by atoms with E-state index in [2.05, 4.69) is 18.7 Å². The fraction of sp³-hybridized carbons (Fsp3) is 1.00. The Kier molecular flexibility index (Phi) is 4.31. The lowest BCUT2D eigenvalue weighted by molar-refractivity contribution is -0.0816. The molecule has 1 aliphatic heterocycles. The molecule has 2 N–H and O–H groups in total. The van der Waals surface area contributed by atoms with Crippen molar-refractivity contribution in [1.82, 2.24) is 4.90 Å². The van der Waals surface area contributed by atoms with Crippen LogP contribution in [-0.2, 0) is 9.47 Å². The van der Waals surface area contributed by atoms with Crippen LogP contribution in [0.5, 0.6) is 0 Å². The van der Waals surface area contributed by atoms with Crippen molar-refractivity contribution in [2.24, 2.45) is 5.73 Å². The van der Waals surface area contributed by atoms with Crippen molar-refractivity contribution >= 4 is 0 Å². The maximum absolute atomic E-state index is 5.75. The Morgan fingerprint density at radius 3 is 2.79 bits per heavy atom. The van der Waals surface area contributed by atoms with E-state index >= 15 is 0 Å². The van der Waals surface area contributed by atoms with Crippen LogP contribution in [0.2, 0.25) is 0 Å². The van der Waals surface area contributed by atoms with Gasteiger partial charge in [-0.05, 0) is 13.8 Å². The predicted octanol–water partition coefficient (Wildman–Crippen LogP) is 0.0709. The van der Waals surface area contributed by atoms with Crippen LogP contribution in [0, 0.1) is 0 Å². The summed E-state index contributed by atoms with van der Waals surface area (Å²) in [5, 5.41) is 0. The monoisotopic (exact) mass is 202 g/mol. The molecule has 0 bridgehead atoms. The number of nitrogens with two attached hydrogens (primary N) is 1. The van der Waals surface area contributed by atoms with Crippen LogP contribution in [0.25, 0.3) is 0 Å². The summed E-state index contributed by atoms with van der Waals surface area (Å²) in [5.74, 6) is 0. The second kappa shape index (κ2) is 5.07. The van der Waals surface area contributed by atoms with Gasteiger partial charge in [0.1, 0.15) is 0 Å². The summed E-state index contributed by atoms with van der Waals surface area (Å²) in [6.07, 6.45) is 0.